The topological polar surface area (TPSA) is 44.4 Å². The summed E-state index contributed by atoms with van der Waals surface area (Å²) in [7, 11) is 3.63. The van der Waals surface area contributed by atoms with Gasteiger partial charge in [0.1, 0.15) is 0 Å². The average molecular weight is 201 g/mol. The van der Waals surface area contributed by atoms with Gasteiger partial charge in [0.15, 0.2) is 0 Å². The molecule has 0 aromatic carbocycles. The van der Waals surface area contributed by atoms with Gasteiger partial charge in [0.05, 0.1) is 6.54 Å². The molecule has 84 valence electrons. The van der Waals surface area contributed by atoms with Crippen LogP contribution in [0, 0.1) is 0 Å². The maximum atomic E-state index is 11.2. The van der Waals surface area contributed by atoms with Gasteiger partial charge in [0, 0.05) is 7.05 Å². The lowest BCUT2D eigenvalue weighted by molar-refractivity contribution is -0.121. The van der Waals surface area contributed by atoms with Gasteiger partial charge in [-0.3, -0.25) is 9.69 Å². The lowest BCUT2D eigenvalue weighted by atomic mass is 10.3. The number of amides is 1. The summed E-state index contributed by atoms with van der Waals surface area (Å²) in [6, 6.07) is 0. The van der Waals surface area contributed by atoms with Crippen molar-refractivity contribution in [1.29, 1.82) is 0 Å². The number of nitrogens with one attached hydrogen (secondary N) is 2. The molecule has 0 saturated heterocycles. The van der Waals surface area contributed by atoms with Crippen molar-refractivity contribution < 1.29 is 4.79 Å². The largest absolute Gasteiger partial charge is 0.358 e. The lowest BCUT2D eigenvalue weighted by Crippen LogP contribution is -2.37. The van der Waals surface area contributed by atoms with Crippen LogP contribution in [0.4, 0.5) is 0 Å². The standard InChI is InChI=1S/C10H23N3O/c1-4-7-13(8-5-6-11-2)9-10(14)12-3/h11H,4-9H2,1-3H3,(H,12,14). The summed E-state index contributed by atoms with van der Waals surface area (Å²) in [5.41, 5.74) is 0. The zero-order valence-electron chi connectivity index (χ0n) is 9.60. The second-order valence-electron chi connectivity index (χ2n) is 3.41. The molecule has 0 aromatic heterocycles. The molecule has 0 bridgehead atoms. The zero-order chi connectivity index (χ0) is 10.8. The molecule has 0 unspecified atom stereocenters. The van der Waals surface area contributed by atoms with E-state index in [0.29, 0.717) is 6.54 Å². The molecule has 0 aromatic rings. The van der Waals surface area contributed by atoms with Crippen LogP contribution in [0.15, 0.2) is 0 Å². The third kappa shape index (κ3) is 6.86. The van der Waals surface area contributed by atoms with Crippen molar-refractivity contribution in [2.75, 3.05) is 40.3 Å². The molecule has 0 rings (SSSR count). The Morgan fingerprint density at radius 3 is 2.50 bits per heavy atom. The number of rotatable bonds is 8. The summed E-state index contributed by atoms with van der Waals surface area (Å²) in [4.78, 5) is 13.4. The van der Waals surface area contributed by atoms with Crippen LogP contribution in [-0.4, -0.2) is 51.1 Å². The van der Waals surface area contributed by atoms with Gasteiger partial charge in [-0.2, -0.15) is 0 Å². The van der Waals surface area contributed by atoms with E-state index >= 15 is 0 Å². The van der Waals surface area contributed by atoms with Crippen molar-refractivity contribution >= 4 is 5.91 Å². The summed E-state index contributed by atoms with van der Waals surface area (Å²) in [6.45, 7) is 5.65. The first-order valence-electron chi connectivity index (χ1n) is 5.32. The van der Waals surface area contributed by atoms with Crippen molar-refractivity contribution in [3.63, 3.8) is 0 Å². The molecule has 4 heteroatoms. The third-order valence-electron chi connectivity index (χ3n) is 2.09. The van der Waals surface area contributed by atoms with E-state index in [0.717, 1.165) is 32.5 Å². The summed E-state index contributed by atoms with van der Waals surface area (Å²) < 4.78 is 0. The van der Waals surface area contributed by atoms with Crippen molar-refractivity contribution in [3.05, 3.63) is 0 Å². The molecule has 14 heavy (non-hydrogen) atoms. The van der Waals surface area contributed by atoms with E-state index < -0.39 is 0 Å². The van der Waals surface area contributed by atoms with E-state index in [4.69, 9.17) is 0 Å². The minimum atomic E-state index is 0.0999. The molecular formula is C10H23N3O. The van der Waals surface area contributed by atoms with Gasteiger partial charge in [-0.1, -0.05) is 6.92 Å². The van der Waals surface area contributed by atoms with Gasteiger partial charge >= 0.3 is 0 Å². The second kappa shape index (κ2) is 8.97. The summed E-state index contributed by atoms with van der Waals surface area (Å²) >= 11 is 0. The molecule has 0 spiro atoms. The molecule has 0 heterocycles. The molecule has 1 amide bonds. The number of hydrogen-bond donors (Lipinski definition) is 2. The predicted octanol–water partition coefficient (Wildman–Crippen LogP) is 0.0539. The van der Waals surface area contributed by atoms with E-state index in [1.165, 1.54) is 0 Å². The highest BCUT2D eigenvalue weighted by atomic mass is 16.1. The van der Waals surface area contributed by atoms with Crippen molar-refractivity contribution in [3.8, 4) is 0 Å². The Balaban J connectivity index is 3.70. The van der Waals surface area contributed by atoms with E-state index in [-0.39, 0.29) is 5.91 Å². The highest BCUT2D eigenvalue weighted by Gasteiger charge is 2.07. The Labute approximate surface area is 87.0 Å². The first-order valence-corrected chi connectivity index (χ1v) is 5.32. The minimum Gasteiger partial charge on any atom is -0.358 e. The maximum Gasteiger partial charge on any atom is 0.233 e. The van der Waals surface area contributed by atoms with Crippen LogP contribution in [0.2, 0.25) is 0 Å². The average Bonchev–Trinajstić information content (AvgIpc) is 2.18. The molecule has 0 aliphatic heterocycles. The molecule has 2 N–H and O–H groups in total. The Morgan fingerprint density at radius 1 is 1.29 bits per heavy atom. The first kappa shape index (κ1) is 13.4. The van der Waals surface area contributed by atoms with E-state index in [9.17, 15) is 4.79 Å². The van der Waals surface area contributed by atoms with Crippen LogP contribution in [0.3, 0.4) is 0 Å². The van der Waals surface area contributed by atoms with Gasteiger partial charge in [-0.05, 0) is 39.5 Å². The van der Waals surface area contributed by atoms with Crippen molar-refractivity contribution in [2.45, 2.75) is 19.8 Å². The highest BCUT2D eigenvalue weighted by Crippen LogP contribution is 1.93. The SMILES string of the molecule is CCCN(CCCNC)CC(=O)NC. The molecule has 0 aliphatic carbocycles. The van der Waals surface area contributed by atoms with Crippen LogP contribution >= 0.6 is 0 Å². The number of carbonyl (C=O) groups excluding carboxylic acids is 1. The smallest absolute Gasteiger partial charge is 0.233 e. The van der Waals surface area contributed by atoms with E-state index in [2.05, 4.69) is 22.5 Å². The van der Waals surface area contributed by atoms with Crippen LogP contribution in [0.5, 0.6) is 0 Å². The van der Waals surface area contributed by atoms with Crippen molar-refractivity contribution in [1.82, 2.24) is 15.5 Å². The number of carbonyl (C=O) groups is 1. The quantitative estimate of drug-likeness (QED) is 0.546. The summed E-state index contributed by atoms with van der Waals surface area (Å²) in [5.74, 6) is 0.0999. The fourth-order valence-electron chi connectivity index (χ4n) is 1.35. The first-order chi connectivity index (χ1) is 6.74. The normalized spacial score (nSPS) is 10.6. The number of nitrogens with zero attached hydrogens (tertiary/aromatic N) is 1. The van der Waals surface area contributed by atoms with Crippen molar-refractivity contribution in [2.24, 2.45) is 0 Å². The van der Waals surface area contributed by atoms with E-state index in [1.807, 2.05) is 7.05 Å². The van der Waals surface area contributed by atoms with Crippen LogP contribution < -0.4 is 10.6 Å². The zero-order valence-corrected chi connectivity index (χ0v) is 9.60. The lowest BCUT2D eigenvalue weighted by Gasteiger charge is -2.20. The summed E-state index contributed by atoms with van der Waals surface area (Å²) in [6.07, 6.45) is 2.18. The predicted molar refractivity (Wildman–Crippen MR) is 59.3 cm³/mol. The Kier molecular flexibility index (Phi) is 8.57. The van der Waals surface area contributed by atoms with Crippen LogP contribution in [-0.2, 0) is 4.79 Å². The Hall–Kier alpha value is -0.610. The molecule has 0 atom stereocenters. The van der Waals surface area contributed by atoms with Gasteiger partial charge in [-0.25, -0.2) is 0 Å². The Morgan fingerprint density at radius 2 is 2.00 bits per heavy atom. The Bertz CT molecular complexity index is 150. The fraction of sp³-hybridized carbons (Fsp3) is 0.900. The monoisotopic (exact) mass is 201 g/mol. The third-order valence-corrected chi connectivity index (χ3v) is 2.09. The number of likely N-dealkylation sites (N-methyl/N-ethyl adjacent to an activating group) is 1. The molecule has 0 radical (unpaired) electrons. The fourth-order valence-corrected chi connectivity index (χ4v) is 1.35. The van der Waals surface area contributed by atoms with Gasteiger partial charge in [0.2, 0.25) is 5.91 Å². The minimum absolute atomic E-state index is 0.0999. The van der Waals surface area contributed by atoms with Gasteiger partial charge in [-0.15, -0.1) is 0 Å². The molecule has 0 aliphatic rings. The summed E-state index contributed by atoms with van der Waals surface area (Å²) in [5, 5.41) is 5.75. The van der Waals surface area contributed by atoms with Crippen LogP contribution in [0.25, 0.3) is 0 Å². The van der Waals surface area contributed by atoms with E-state index in [1.54, 1.807) is 7.05 Å². The molecule has 0 fully saturated rings. The molecular weight excluding hydrogens is 178 g/mol. The highest BCUT2D eigenvalue weighted by molar-refractivity contribution is 5.77. The molecule has 4 nitrogen and oxygen atoms in total. The molecule has 0 saturated carbocycles. The second-order valence-corrected chi connectivity index (χ2v) is 3.41. The maximum absolute atomic E-state index is 11.2. The van der Waals surface area contributed by atoms with Gasteiger partial charge in [0.25, 0.3) is 0 Å². The van der Waals surface area contributed by atoms with Gasteiger partial charge < -0.3 is 10.6 Å². The number of hydrogen-bond acceptors (Lipinski definition) is 3. The van der Waals surface area contributed by atoms with Crippen LogP contribution in [0.1, 0.15) is 19.8 Å².